The van der Waals surface area contributed by atoms with Crippen LogP contribution in [-0.2, 0) is 11.2 Å². The summed E-state index contributed by atoms with van der Waals surface area (Å²) < 4.78 is 0. The molecule has 1 aromatic carbocycles. The summed E-state index contributed by atoms with van der Waals surface area (Å²) in [6.45, 7) is 0.966. The van der Waals surface area contributed by atoms with Crippen molar-refractivity contribution in [2.24, 2.45) is 0 Å². The maximum absolute atomic E-state index is 10.5. The normalized spacial score (nSPS) is 10.8. The Morgan fingerprint density at radius 1 is 1.38 bits per heavy atom. The Balaban J connectivity index is 2.50. The molecule has 0 aliphatic rings. The number of carboxylic acids is 1. The molecule has 0 saturated carbocycles. The van der Waals surface area contributed by atoms with Crippen molar-refractivity contribution in [2.75, 3.05) is 13.6 Å². The smallest absolute Gasteiger partial charge is 0.307 e. The van der Waals surface area contributed by atoms with Crippen LogP contribution >= 0.6 is 0 Å². The lowest BCUT2D eigenvalue weighted by Gasteiger charge is -1.98. The van der Waals surface area contributed by atoms with E-state index in [1.807, 2.05) is 37.4 Å². The van der Waals surface area contributed by atoms with Gasteiger partial charge < -0.3 is 10.4 Å². The molecule has 86 valence electrons. The number of hydrogen-bond donors (Lipinski definition) is 2. The average Bonchev–Trinajstić information content (AvgIpc) is 2.26. The summed E-state index contributed by atoms with van der Waals surface area (Å²) in [6.07, 6.45) is 5.22. The molecule has 0 fully saturated rings. The van der Waals surface area contributed by atoms with E-state index < -0.39 is 5.97 Å². The third-order valence-electron chi connectivity index (χ3n) is 2.21. The molecule has 0 spiro atoms. The van der Waals surface area contributed by atoms with Crippen LogP contribution < -0.4 is 5.32 Å². The molecular formula is C13H17NO2. The highest BCUT2D eigenvalue weighted by Gasteiger charge is 1.98. The fourth-order valence-electron chi connectivity index (χ4n) is 1.37. The van der Waals surface area contributed by atoms with Gasteiger partial charge in [0.15, 0.2) is 0 Å². The van der Waals surface area contributed by atoms with Gasteiger partial charge in [0.2, 0.25) is 0 Å². The Labute approximate surface area is 95.8 Å². The Kier molecular flexibility index (Phi) is 5.29. The zero-order chi connectivity index (χ0) is 11.8. The first-order valence-electron chi connectivity index (χ1n) is 5.34. The van der Waals surface area contributed by atoms with E-state index in [-0.39, 0.29) is 6.42 Å². The molecule has 0 atom stereocenters. The van der Waals surface area contributed by atoms with Crippen LogP contribution in [0.5, 0.6) is 0 Å². The Morgan fingerprint density at radius 3 is 2.62 bits per heavy atom. The molecule has 16 heavy (non-hydrogen) atoms. The van der Waals surface area contributed by atoms with Gasteiger partial charge in [-0.15, -0.1) is 0 Å². The predicted octanol–water partition coefficient (Wildman–Crippen LogP) is 1.94. The van der Waals surface area contributed by atoms with E-state index in [9.17, 15) is 4.79 Å². The van der Waals surface area contributed by atoms with Gasteiger partial charge in [-0.1, -0.05) is 36.4 Å². The van der Waals surface area contributed by atoms with Gasteiger partial charge in [0.25, 0.3) is 0 Å². The lowest BCUT2D eigenvalue weighted by Crippen LogP contribution is -2.05. The molecule has 0 bridgehead atoms. The van der Waals surface area contributed by atoms with Crippen LogP contribution in [0, 0.1) is 0 Å². The van der Waals surface area contributed by atoms with Gasteiger partial charge >= 0.3 is 5.97 Å². The van der Waals surface area contributed by atoms with Gasteiger partial charge in [-0.25, -0.2) is 0 Å². The van der Waals surface area contributed by atoms with Crippen LogP contribution in [-0.4, -0.2) is 24.7 Å². The third-order valence-corrected chi connectivity index (χ3v) is 2.21. The fourth-order valence-corrected chi connectivity index (χ4v) is 1.37. The minimum absolute atomic E-state index is 0.0871. The van der Waals surface area contributed by atoms with Crippen molar-refractivity contribution in [1.29, 1.82) is 0 Å². The first-order chi connectivity index (χ1) is 7.72. The van der Waals surface area contributed by atoms with Gasteiger partial charge in [-0.05, 0) is 31.1 Å². The second kappa shape index (κ2) is 6.80. The number of aliphatic carboxylic acids is 1. The number of benzene rings is 1. The van der Waals surface area contributed by atoms with Crippen molar-refractivity contribution in [3.63, 3.8) is 0 Å². The van der Waals surface area contributed by atoms with Crippen molar-refractivity contribution in [2.45, 2.75) is 12.8 Å². The van der Waals surface area contributed by atoms with Crippen LogP contribution in [0.4, 0.5) is 0 Å². The third kappa shape index (κ3) is 4.75. The fraction of sp³-hybridized carbons (Fsp3) is 0.308. The molecule has 0 amide bonds. The summed E-state index contributed by atoms with van der Waals surface area (Å²) in [7, 11) is 1.93. The minimum atomic E-state index is -0.794. The maximum atomic E-state index is 10.5. The van der Waals surface area contributed by atoms with Crippen molar-refractivity contribution in [3.05, 3.63) is 41.5 Å². The van der Waals surface area contributed by atoms with Gasteiger partial charge in [0, 0.05) is 0 Å². The molecule has 0 aromatic heterocycles. The first-order valence-corrected chi connectivity index (χ1v) is 5.34. The minimum Gasteiger partial charge on any atom is -0.481 e. The highest BCUT2D eigenvalue weighted by Crippen LogP contribution is 2.07. The molecule has 0 radical (unpaired) electrons. The molecular weight excluding hydrogens is 202 g/mol. The summed E-state index contributed by atoms with van der Waals surface area (Å²) in [5.41, 5.74) is 1.94. The second-order valence-electron chi connectivity index (χ2n) is 3.61. The quantitative estimate of drug-likeness (QED) is 0.719. The van der Waals surface area contributed by atoms with Crippen LogP contribution in [0.15, 0.2) is 30.3 Å². The van der Waals surface area contributed by atoms with E-state index >= 15 is 0 Å². The average molecular weight is 219 g/mol. The lowest BCUT2D eigenvalue weighted by atomic mass is 10.1. The number of carbonyl (C=O) groups is 1. The van der Waals surface area contributed by atoms with E-state index in [0.717, 1.165) is 24.1 Å². The van der Waals surface area contributed by atoms with Crippen molar-refractivity contribution >= 4 is 12.0 Å². The zero-order valence-corrected chi connectivity index (χ0v) is 9.44. The van der Waals surface area contributed by atoms with Crippen LogP contribution in [0.25, 0.3) is 6.08 Å². The Bertz CT molecular complexity index is 355. The highest BCUT2D eigenvalue weighted by molar-refractivity contribution is 5.70. The summed E-state index contributed by atoms with van der Waals surface area (Å²) in [6, 6.07) is 7.58. The van der Waals surface area contributed by atoms with Gasteiger partial charge in [-0.3, -0.25) is 4.79 Å². The van der Waals surface area contributed by atoms with Gasteiger partial charge in [0.05, 0.1) is 6.42 Å². The van der Waals surface area contributed by atoms with Gasteiger partial charge in [0.1, 0.15) is 0 Å². The molecule has 3 nitrogen and oxygen atoms in total. The van der Waals surface area contributed by atoms with E-state index in [1.54, 1.807) is 0 Å². The molecule has 3 heteroatoms. The van der Waals surface area contributed by atoms with E-state index in [2.05, 4.69) is 11.4 Å². The van der Waals surface area contributed by atoms with Crippen molar-refractivity contribution < 1.29 is 9.90 Å². The standard InChI is InChI=1S/C13H17NO2/c1-14-9-3-2-4-11-5-7-12(8-6-11)10-13(15)16/h2,4-8,14H,3,9-10H2,1H3,(H,15,16). The Hall–Kier alpha value is -1.61. The van der Waals surface area contributed by atoms with Crippen molar-refractivity contribution in [1.82, 2.24) is 5.32 Å². The molecule has 0 aliphatic heterocycles. The van der Waals surface area contributed by atoms with Crippen LogP contribution in [0.2, 0.25) is 0 Å². The molecule has 1 rings (SSSR count). The number of rotatable bonds is 6. The monoisotopic (exact) mass is 219 g/mol. The molecule has 0 unspecified atom stereocenters. The van der Waals surface area contributed by atoms with Crippen LogP contribution in [0.3, 0.4) is 0 Å². The summed E-state index contributed by atoms with van der Waals surface area (Å²) in [4.78, 5) is 10.5. The topological polar surface area (TPSA) is 49.3 Å². The summed E-state index contributed by atoms with van der Waals surface area (Å²) in [5, 5.41) is 11.7. The first kappa shape index (κ1) is 12.5. The molecule has 1 aromatic rings. The molecule has 0 aliphatic carbocycles. The van der Waals surface area contributed by atoms with E-state index in [0.29, 0.717) is 0 Å². The molecule has 0 heterocycles. The van der Waals surface area contributed by atoms with Crippen molar-refractivity contribution in [3.8, 4) is 0 Å². The highest BCUT2D eigenvalue weighted by atomic mass is 16.4. The number of carboxylic acid groups (broad SMARTS) is 1. The SMILES string of the molecule is CNCCC=Cc1ccc(CC(=O)O)cc1. The molecule has 0 saturated heterocycles. The van der Waals surface area contributed by atoms with E-state index in [4.69, 9.17) is 5.11 Å². The summed E-state index contributed by atoms with van der Waals surface area (Å²) in [5.74, 6) is -0.794. The molecule has 2 N–H and O–H groups in total. The predicted molar refractivity (Wildman–Crippen MR) is 65.4 cm³/mol. The largest absolute Gasteiger partial charge is 0.481 e. The van der Waals surface area contributed by atoms with E-state index in [1.165, 1.54) is 0 Å². The van der Waals surface area contributed by atoms with Gasteiger partial charge in [-0.2, -0.15) is 0 Å². The number of nitrogens with one attached hydrogen (secondary N) is 1. The Morgan fingerprint density at radius 2 is 2.06 bits per heavy atom. The number of hydrogen-bond acceptors (Lipinski definition) is 2. The van der Waals surface area contributed by atoms with Crippen LogP contribution in [0.1, 0.15) is 17.5 Å². The zero-order valence-electron chi connectivity index (χ0n) is 9.44. The lowest BCUT2D eigenvalue weighted by molar-refractivity contribution is -0.136. The summed E-state index contributed by atoms with van der Waals surface area (Å²) >= 11 is 0. The maximum Gasteiger partial charge on any atom is 0.307 e. The second-order valence-corrected chi connectivity index (χ2v) is 3.61.